The zero-order valence-corrected chi connectivity index (χ0v) is 17.0. The van der Waals surface area contributed by atoms with Crippen molar-refractivity contribution in [3.8, 4) is 5.75 Å². The Morgan fingerprint density at radius 1 is 1.18 bits per heavy atom. The normalized spacial score (nSPS) is 16.7. The van der Waals surface area contributed by atoms with Gasteiger partial charge in [0.25, 0.3) is 5.91 Å². The second kappa shape index (κ2) is 8.50. The molecule has 0 unspecified atom stereocenters. The van der Waals surface area contributed by atoms with Gasteiger partial charge in [0.05, 0.1) is 30.4 Å². The Bertz CT molecular complexity index is 986. The van der Waals surface area contributed by atoms with Crippen LogP contribution in [0.1, 0.15) is 15.9 Å². The number of esters is 1. The molecule has 1 aliphatic heterocycles. The number of halogens is 1. The fraction of sp³-hybridized carbons (Fsp3) is 0.150. The van der Waals surface area contributed by atoms with Crippen molar-refractivity contribution in [1.29, 1.82) is 0 Å². The molecule has 0 atom stereocenters. The summed E-state index contributed by atoms with van der Waals surface area (Å²) >= 11 is 7.32. The van der Waals surface area contributed by atoms with E-state index in [1.807, 2.05) is 0 Å². The van der Waals surface area contributed by atoms with E-state index in [9.17, 15) is 9.59 Å². The summed E-state index contributed by atoms with van der Waals surface area (Å²) in [4.78, 5) is 30.6. The molecule has 6 nitrogen and oxygen atoms in total. The molecule has 2 aromatic rings. The minimum Gasteiger partial charge on any atom is -0.496 e. The van der Waals surface area contributed by atoms with E-state index >= 15 is 0 Å². The molecule has 1 amide bonds. The topological polar surface area (TPSA) is 68.2 Å². The van der Waals surface area contributed by atoms with Crippen molar-refractivity contribution in [3.05, 3.63) is 63.5 Å². The molecule has 0 saturated carbocycles. The summed E-state index contributed by atoms with van der Waals surface area (Å²) in [5, 5.41) is 1.08. The first-order chi connectivity index (χ1) is 13.4. The zero-order chi connectivity index (χ0) is 20.3. The van der Waals surface area contributed by atoms with Gasteiger partial charge in [-0.2, -0.15) is 0 Å². The smallest absolute Gasteiger partial charge is 0.337 e. The van der Waals surface area contributed by atoms with Crippen LogP contribution >= 0.6 is 23.4 Å². The number of amidine groups is 1. The lowest BCUT2D eigenvalue weighted by Gasteiger charge is -2.07. The first-order valence-corrected chi connectivity index (χ1v) is 9.40. The molecule has 3 rings (SSSR count). The summed E-state index contributed by atoms with van der Waals surface area (Å²) in [5.74, 6) is 0.0381. The molecule has 0 radical (unpaired) electrons. The first kappa shape index (κ1) is 20.0. The summed E-state index contributed by atoms with van der Waals surface area (Å²) in [6, 6.07) is 11.9. The third-order valence-corrected chi connectivity index (χ3v) is 5.29. The van der Waals surface area contributed by atoms with E-state index in [4.69, 9.17) is 16.3 Å². The lowest BCUT2D eigenvalue weighted by Crippen LogP contribution is -2.23. The summed E-state index contributed by atoms with van der Waals surface area (Å²) in [6.45, 7) is 0. The first-order valence-electron chi connectivity index (χ1n) is 8.21. The Hall–Kier alpha value is -2.77. The van der Waals surface area contributed by atoms with Gasteiger partial charge < -0.3 is 9.47 Å². The molecular weight excluding hydrogens is 400 g/mol. The standard InChI is InChI=1S/C20H17ClN2O4S/c1-23-18(24)17(11-13-10-14(21)6-9-16(13)26-2)28-20(23)22-15-7-4-12(5-8-15)19(25)27-3/h4-11H,1-3H3/b17-11+,22-20?. The SMILES string of the molecule is COC(=O)c1ccc(N=C2S/C(=C/c3cc(Cl)ccc3OC)C(=O)N2C)cc1. The molecule has 0 N–H and O–H groups in total. The molecule has 28 heavy (non-hydrogen) atoms. The highest BCUT2D eigenvalue weighted by molar-refractivity contribution is 8.18. The second-order valence-corrected chi connectivity index (χ2v) is 7.24. The third kappa shape index (κ3) is 4.21. The Kier molecular flexibility index (Phi) is 6.06. The largest absolute Gasteiger partial charge is 0.496 e. The Balaban J connectivity index is 1.88. The lowest BCUT2D eigenvalue weighted by molar-refractivity contribution is -0.121. The predicted octanol–water partition coefficient (Wildman–Crippen LogP) is 4.37. The highest BCUT2D eigenvalue weighted by atomic mass is 35.5. The van der Waals surface area contributed by atoms with E-state index in [1.165, 1.54) is 23.8 Å². The fourth-order valence-electron chi connectivity index (χ4n) is 2.51. The number of benzene rings is 2. The average molecular weight is 417 g/mol. The van der Waals surface area contributed by atoms with Crippen LogP contribution in [0.25, 0.3) is 6.08 Å². The van der Waals surface area contributed by atoms with Crippen molar-refractivity contribution in [3.63, 3.8) is 0 Å². The Labute approximate surface area is 171 Å². The molecule has 0 bridgehead atoms. The summed E-state index contributed by atoms with van der Waals surface area (Å²) in [7, 11) is 4.55. The zero-order valence-electron chi connectivity index (χ0n) is 15.4. The van der Waals surface area contributed by atoms with Crippen molar-refractivity contribution >= 4 is 52.2 Å². The van der Waals surface area contributed by atoms with E-state index in [1.54, 1.807) is 62.7 Å². The van der Waals surface area contributed by atoms with Gasteiger partial charge in [-0.1, -0.05) is 11.6 Å². The highest BCUT2D eigenvalue weighted by Crippen LogP contribution is 2.35. The van der Waals surface area contributed by atoms with Crippen LogP contribution in [0.3, 0.4) is 0 Å². The van der Waals surface area contributed by atoms with Crippen LogP contribution < -0.4 is 4.74 Å². The van der Waals surface area contributed by atoms with Gasteiger partial charge in [0.15, 0.2) is 5.17 Å². The fourth-order valence-corrected chi connectivity index (χ4v) is 3.67. The molecule has 1 heterocycles. The van der Waals surface area contributed by atoms with Gasteiger partial charge in [-0.15, -0.1) is 0 Å². The molecule has 1 fully saturated rings. The van der Waals surface area contributed by atoms with Crippen LogP contribution in [-0.4, -0.2) is 43.2 Å². The third-order valence-electron chi connectivity index (χ3n) is 4.00. The number of amides is 1. The summed E-state index contributed by atoms with van der Waals surface area (Å²) < 4.78 is 10.0. The van der Waals surface area contributed by atoms with E-state index < -0.39 is 5.97 Å². The minimum absolute atomic E-state index is 0.169. The number of carbonyl (C=O) groups is 2. The maximum Gasteiger partial charge on any atom is 0.337 e. The number of hydrogen-bond donors (Lipinski definition) is 0. The monoisotopic (exact) mass is 416 g/mol. The molecule has 144 valence electrons. The number of likely N-dealkylation sites (N-methyl/N-ethyl adjacent to an activating group) is 1. The van der Waals surface area contributed by atoms with Gasteiger partial charge in [-0.05, 0) is 60.3 Å². The molecule has 2 aromatic carbocycles. The Morgan fingerprint density at radius 2 is 1.89 bits per heavy atom. The van der Waals surface area contributed by atoms with Crippen molar-refractivity contribution < 1.29 is 19.1 Å². The average Bonchev–Trinajstić information content (AvgIpc) is 2.96. The van der Waals surface area contributed by atoms with E-state index in [2.05, 4.69) is 9.73 Å². The number of hydrogen-bond acceptors (Lipinski definition) is 6. The maximum absolute atomic E-state index is 12.6. The summed E-state index contributed by atoms with van der Waals surface area (Å²) in [5.41, 5.74) is 1.77. The predicted molar refractivity (Wildman–Crippen MR) is 111 cm³/mol. The van der Waals surface area contributed by atoms with Crippen molar-refractivity contribution in [2.24, 2.45) is 4.99 Å². The molecule has 0 aromatic heterocycles. The van der Waals surface area contributed by atoms with Crippen LogP contribution in [-0.2, 0) is 9.53 Å². The number of thioether (sulfide) groups is 1. The number of ether oxygens (including phenoxy) is 2. The van der Waals surface area contributed by atoms with E-state index in [0.717, 1.165) is 0 Å². The van der Waals surface area contributed by atoms with Crippen LogP contribution in [0, 0.1) is 0 Å². The molecular formula is C20H17ClN2O4S. The van der Waals surface area contributed by atoms with Crippen LogP contribution in [0.2, 0.25) is 5.02 Å². The van der Waals surface area contributed by atoms with Gasteiger partial charge >= 0.3 is 5.97 Å². The van der Waals surface area contributed by atoms with E-state index in [-0.39, 0.29) is 5.91 Å². The van der Waals surface area contributed by atoms with E-state index in [0.29, 0.717) is 37.7 Å². The number of aliphatic imine (C=N–C) groups is 1. The van der Waals surface area contributed by atoms with Crippen molar-refractivity contribution in [1.82, 2.24) is 4.90 Å². The van der Waals surface area contributed by atoms with Crippen LogP contribution in [0.15, 0.2) is 52.4 Å². The molecule has 1 aliphatic rings. The summed E-state index contributed by atoms with van der Waals surface area (Å²) in [6.07, 6.45) is 1.73. The van der Waals surface area contributed by atoms with Gasteiger partial charge in [0.2, 0.25) is 0 Å². The number of nitrogens with zero attached hydrogens (tertiary/aromatic N) is 2. The second-order valence-electron chi connectivity index (χ2n) is 5.79. The van der Waals surface area contributed by atoms with Gasteiger partial charge in [0, 0.05) is 17.6 Å². The van der Waals surface area contributed by atoms with Gasteiger partial charge in [-0.25, -0.2) is 9.79 Å². The van der Waals surface area contributed by atoms with Gasteiger partial charge in [0.1, 0.15) is 5.75 Å². The molecule has 0 aliphatic carbocycles. The van der Waals surface area contributed by atoms with Gasteiger partial charge in [-0.3, -0.25) is 9.69 Å². The Morgan fingerprint density at radius 3 is 2.54 bits per heavy atom. The maximum atomic E-state index is 12.6. The number of rotatable bonds is 4. The van der Waals surface area contributed by atoms with Crippen molar-refractivity contribution in [2.75, 3.05) is 21.3 Å². The number of carbonyl (C=O) groups excluding carboxylic acids is 2. The minimum atomic E-state index is -0.414. The molecule has 1 saturated heterocycles. The number of methoxy groups -OCH3 is 2. The van der Waals surface area contributed by atoms with Crippen molar-refractivity contribution in [2.45, 2.75) is 0 Å². The van der Waals surface area contributed by atoms with Crippen LogP contribution in [0.4, 0.5) is 5.69 Å². The van der Waals surface area contributed by atoms with Crippen LogP contribution in [0.5, 0.6) is 5.75 Å². The molecule has 0 spiro atoms. The molecule has 8 heteroatoms. The lowest BCUT2D eigenvalue weighted by atomic mass is 10.2. The quantitative estimate of drug-likeness (QED) is 0.547. The highest BCUT2D eigenvalue weighted by Gasteiger charge is 2.30.